The van der Waals surface area contributed by atoms with Crippen LogP contribution in [0.4, 0.5) is 5.69 Å². The Hall–Kier alpha value is -4.13. The highest BCUT2D eigenvalue weighted by Crippen LogP contribution is 2.25. The van der Waals surface area contributed by atoms with E-state index in [1.54, 1.807) is 30.1 Å². The lowest BCUT2D eigenvalue weighted by Gasteiger charge is -2.24. The van der Waals surface area contributed by atoms with Crippen LogP contribution in [0, 0.1) is 0 Å². The molecule has 1 unspecified atom stereocenters. The second kappa shape index (κ2) is 8.78. The summed E-state index contributed by atoms with van der Waals surface area (Å²) in [6, 6.07) is 21.9. The number of hydrogen-bond acceptors (Lipinski definition) is 4. The van der Waals surface area contributed by atoms with E-state index in [4.69, 9.17) is 4.74 Å². The van der Waals surface area contributed by atoms with Gasteiger partial charge >= 0.3 is 0 Å². The summed E-state index contributed by atoms with van der Waals surface area (Å²) in [6.45, 7) is 0.885. The van der Waals surface area contributed by atoms with Crippen molar-refractivity contribution >= 4 is 23.1 Å². The van der Waals surface area contributed by atoms with E-state index < -0.39 is 6.04 Å². The van der Waals surface area contributed by atoms with E-state index in [1.807, 2.05) is 71.4 Å². The smallest absolute Gasteiger partial charge is 0.254 e. The molecule has 1 saturated heterocycles. The molecule has 0 radical (unpaired) electrons. The summed E-state index contributed by atoms with van der Waals surface area (Å²) in [7, 11) is 1.68. The molecule has 2 aromatic carbocycles. The second-order valence-corrected chi connectivity index (χ2v) is 8.06. The van der Waals surface area contributed by atoms with E-state index in [0.717, 1.165) is 17.0 Å². The van der Waals surface area contributed by atoms with Gasteiger partial charge in [0.25, 0.3) is 5.91 Å². The molecule has 1 aliphatic heterocycles. The van der Waals surface area contributed by atoms with Crippen LogP contribution in [0.25, 0.3) is 5.65 Å². The third-order valence-corrected chi connectivity index (χ3v) is 5.91. The summed E-state index contributed by atoms with van der Waals surface area (Å²) in [5.74, 6) is 0.313. The largest absolute Gasteiger partial charge is 0.487 e. The fourth-order valence-electron chi connectivity index (χ4n) is 4.17. The van der Waals surface area contributed by atoms with Gasteiger partial charge in [-0.05, 0) is 48.9 Å². The number of aromatic nitrogens is 2. The first-order valence-corrected chi connectivity index (χ1v) is 10.9. The average Bonchev–Trinajstić information content (AvgIpc) is 3.45. The van der Waals surface area contributed by atoms with Gasteiger partial charge in [-0.2, -0.15) is 0 Å². The highest BCUT2D eigenvalue weighted by Gasteiger charge is 2.37. The molecule has 7 nitrogen and oxygen atoms in total. The van der Waals surface area contributed by atoms with E-state index in [0.29, 0.717) is 30.9 Å². The maximum absolute atomic E-state index is 13.1. The van der Waals surface area contributed by atoms with E-state index in [2.05, 4.69) is 4.98 Å². The maximum atomic E-state index is 13.1. The van der Waals surface area contributed by atoms with Crippen LogP contribution in [-0.4, -0.2) is 45.7 Å². The third kappa shape index (κ3) is 4.17. The number of carbonyl (C=O) groups is 2. The summed E-state index contributed by atoms with van der Waals surface area (Å²) in [5, 5.41) is 0. The Morgan fingerprint density at radius 2 is 1.91 bits per heavy atom. The molecule has 33 heavy (non-hydrogen) atoms. The van der Waals surface area contributed by atoms with Crippen molar-refractivity contribution in [2.24, 2.45) is 0 Å². The van der Waals surface area contributed by atoms with Gasteiger partial charge in [0.1, 0.15) is 24.0 Å². The minimum Gasteiger partial charge on any atom is -0.487 e. The van der Waals surface area contributed by atoms with Gasteiger partial charge in [0, 0.05) is 37.2 Å². The molecular formula is C26H24N4O3. The Morgan fingerprint density at radius 3 is 2.73 bits per heavy atom. The van der Waals surface area contributed by atoms with Crippen LogP contribution in [0.5, 0.6) is 5.75 Å². The zero-order valence-corrected chi connectivity index (χ0v) is 18.3. The number of pyridine rings is 1. The van der Waals surface area contributed by atoms with Crippen molar-refractivity contribution in [1.29, 1.82) is 0 Å². The Bertz CT molecular complexity index is 1270. The molecule has 5 rings (SSSR count). The molecule has 7 heteroatoms. The van der Waals surface area contributed by atoms with Gasteiger partial charge < -0.3 is 18.9 Å². The molecule has 0 N–H and O–H groups in total. The molecule has 1 aliphatic rings. The van der Waals surface area contributed by atoms with E-state index in [1.165, 1.54) is 4.90 Å². The van der Waals surface area contributed by atoms with Crippen molar-refractivity contribution in [1.82, 2.24) is 14.3 Å². The zero-order valence-electron chi connectivity index (χ0n) is 18.3. The lowest BCUT2D eigenvalue weighted by Crippen LogP contribution is -2.43. The van der Waals surface area contributed by atoms with Crippen LogP contribution in [0.2, 0.25) is 0 Å². The van der Waals surface area contributed by atoms with E-state index in [-0.39, 0.29) is 11.8 Å². The van der Waals surface area contributed by atoms with Gasteiger partial charge in [-0.3, -0.25) is 9.59 Å². The monoisotopic (exact) mass is 440 g/mol. The summed E-state index contributed by atoms with van der Waals surface area (Å²) in [4.78, 5) is 33.9. The zero-order chi connectivity index (χ0) is 22.8. The van der Waals surface area contributed by atoms with Gasteiger partial charge in [0.05, 0.1) is 5.69 Å². The minimum atomic E-state index is -0.486. The number of rotatable bonds is 6. The number of fused-ring (bicyclic) bond motifs is 1. The first-order valence-electron chi connectivity index (χ1n) is 10.9. The Kier molecular flexibility index (Phi) is 5.52. The number of imidazole rings is 1. The lowest BCUT2D eigenvalue weighted by atomic mass is 10.1. The van der Waals surface area contributed by atoms with Crippen molar-refractivity contribution in [2.75, 3.05) is 18.5 Å². The Labute approximate surface area is 191 Å². The van der Waals surface area contributed by atoms with Crippen molar-refractivity contribution in [3.8, 4) is 5.75 Å². The number of para-hydroxylation sites is 1. The molecule has 4 aromatic rings. The lowest BCUT2D eigenvalue weighted by molar-refractivity contribution is -0.120. The molecule has 2 aromatic heterocycles. The maximum Gasteiger partial charge on any atom is 0.254 e. The number of hydrogen-bond donors (Lipinski definition) is 0. The molecule has 166 valence electrons. The molecule has 0 spiro atoms. The van der Waals surface area contributed by atoms with Gasteiger partial charge in [-0.1, -0.05) is 30.3 Å². The fraction of sp³-hybridized carbons (Fsp3) is 0.192. The van der Waals surface area contributed by atoms with Crippen molar-refractivity contribution in [3.05, 3.63) is 96.4 Å². The molecule has 2 amide bonds. The highest BCUT2D eigenvalue weighted by atomic mass is 16.5. The summed E-state index contributed by atoms with van der Waals surface area (Å²) < 4.78 is 7.83. The summed E-state index contributed by atoms with van der Waals surface area (Å²) >= 11 is 0. The Morgan fingerprint density at radius 1 is 1.09 bits per heavy atom. The van der Waals surface area contributed by atoms with Crippen LogP contribution < -0.4 is 9.64 Å². The number of carbonyl (C=O) groups excluding carboxylic acids is 2. The average molecular weight is 441 g/mol. The van der Waals surface area contributed by atoms with Gasteiger partial charge in [-0.25, -0.2) is 4.98 Å². The van der Waals surface area contributed by atoms with E-state index in [9.17, 15) is 9.59 Å². The number of amides is 2. The normalized spacial score (nSPS) is 15.7. The standard InChI is InChI=1S/C26H24N4O3/c1-28(23-13-15-30(26(23)32)21-9-3-2-4-10-21)25(31)19-8-7-11-22(16-19)33-18-20-17-29-14-6-5-12-24(29)27-20/h2-12,14,16-17,23H,13,15,18H2,1H3. The molecule has 0 bridgehead atoms. The van der Waals surface area contributed by atoms with Crippen LogP contribution in [0.1, 0.15) is 22.5 Å². The topological polar surface area (TPSA) is 67.2 Å². The number of anilines is 1. The minimum absolute atomic E-state index is 0.0590. The SMILES string of the molecule is CN(C(=O)c1cccc(OCc2cn3ccccc3n2)c1)C1CCN(c2ccccc2)C1=O. The number of ether oxygens (including phenoxy) is 1. The quantitative estimate of drug-likeness (QED) is 0.458. The number of nitrogens with zero attached hydrogens (tertiary/aromatic N) is 4. The van der Waals surface area contributed by atoms with Gasteiger partial charge in [0.2, 0.25) is 5.91 Å². The second-order valence-electron chi connectivity index (χ2n) is 8.06. The predicted octanol–water partition coefficient (Wildman–Crippen LogP) is 3.79. The molecule has 3 heterocycles. The van der Waals surface area contributed by atoms with Gasteiger partial charge in [0.15, 0.2) is 0 Å². The molecule has 0 saturated carbocycles. The van der Waals surface area contributed by atoms with Crippen LogP contribution in [-0.2, 0) is 11.4 Å². The predicted molar refractivity (Wildman–Crippen MR) is 125 cm³/mol. The highest BCUT2D eigenvalue weighted by molar-refractivity contribution is 6.03. The van der Waals surface area contributed by atoms with Crippen LogP contribution >= 0.6 is 0 Å². The van der Waals surface area contributed by atoms with Gasteiger partial charge in [-0.15, -0.1) is 0 Å². The van der Waals surface area contributed by atoms with Crippen molar-refractivity contribution in [3.63, 3.8) is 0 Å². The summed E-state index contributed by atoms with van der Waals surface area (Å²) in [5.41, 5.74) is 2.99. The number of benzene rings is 2. The molecule has 1 fully saturated rings. The van der Waals surface area contributed by atoms with Crippen LogP contribution in [0.15, 0.2) is 85.2 Å². The fourth-order valence-corrected chi connectivity index (χ4v) is 4.17. The van der Waals surface area contributed by atoms with Crippen molar-refractivity contribution in [2.45, 2.75) is 19.1 Å². The first kappa shape index (κ1) is 20.8. The van der Waals surface area contributed by atoms with Crippen LogP contribution in [0.3, 0.4) is 0 Å². The van der Waals surface area contributed by atoms with E-state index >= 15 is 0 Å². The Balaban J connectivity index is 1.26. The summed E-state index contributed by atoms with van der Waals surface area (Å²) in [6.07, 6.45) is 4.45. The number of likely N-dealkylation sites (N-methyl/N-ethyl adjacent to an activating group) is 1. The molecule has 1 atom stereocenters. The molecular weight excluding hydrogens is 416 g/mol. The molecule has 0 aliphatic carbocycles. The first-order chi connectivity index (χ1) is 16.1. The van der Waals surface area contributed by atoms with Crippen molar-refractivity contribution < 1.29 is 14.3 Å². The third-order valence-electron chi connectivity index (χ3n) is 5.91.